The van der Waals surface area contributed by atoms with Crippen LogP contribution in [-0.4, -0.2) is 46.4 Å². The predicted octanol–water partition coefficient (Wildman–Crippen LogP) is 3.89. The van der Waals surface area contributed by atoms with Crippen molar-refractivity contribution in [2.45, 2.75) is 71.8 Å². The Hall–Kier alpha value is -2.88. The van der Waals surface area contributed by atoms with Gasteiger partial charge in [0.05, 0.1) is 18.8 Å². The van der Waals surface area contributed by atoms with E-state index in [1.807, 2.05) is 20.8 Å². The Morgan fingerprint density at radius 2 is 1.70 bits per heavy atom. The molecule has 2 atom stereocenters. The number of hydrogen-bond donors (Lipinski definition) is 1. The SMILES string of the molecule is COC(=O)c1coc(-c2coc([C@@H](NC(=O)OC(C)(C)C)[C@@H](C)OC(C)(C)C)n2)n1. The molecule has 0 saturated carbocycles. The van der Waals surface area contributed by atoms with Crippen molar-refractivity contribution in [1.29, 1.82) is 0 Å². The lowest BCUT2D eigenvalue weighted by atomic mass is 10.1. The summed E-state index contributed by atoms with van der Waals surface area (Å²) >= 11 is 0. The number of carbonyl (C=O) groups is 2. The van der Waals surface area contributed by atoms with Crippen LogP contribution in [0.3, 0.4) is 0 Å². The normalized spacial score (nSPS) is 14.1. The molecular formula is C20H29N3O7. The van der Waals surface area contributed by atoms with Gasteiger partial charge in [-0.3, -0.25) is 0 Å². The third-order valence-corrected chi connectivity index (χ3v) is 3.59. The first-order chi connectivity index (χ1) is 13.8. The van der Waals surface area contributed by atoms with E-state index in [1.54, 1.807) is 27.7 Å². The number of ether oxygens (including phenoxy) is 3. The average Bonchev–Trinajstić information content (AvgIpc) is 3.24. The van der Waals surface area contributed by atoms with Crippen LogP contribution >= 0.6 is 0 Å². The molecule has 10 heteroatoms. The molecule has 0 aliphatic rings. The molecule has 0 aromatic carbocycles. The van der Waals surface area contributed by atoms with Gasteiger partial charge < -0.3 is 28.4 Å². The number of oxazole rings is 2. The Bertz CT molecular complexity index is 874. The minimum Gasteiger partial charge on any atom is -0.464 e. The highest BCUT2D eigenvalue weighted by atomic mass is 16.6. The molecule has 2 aromatic heterocycles. The second kappa shape index (κ2) is 8.86. The number of nitrogens with zero attached hydrogens (tertiary/aromatic N) is 2. The molecule has 0 bridgehead atoms. The Kier molecular flexibility index (Phi) is 6.91. The Morgan fingerprint density at radius 1 is 1.03 bits per heavy atom. The second-order valence-corrected chi connectivity index (χ2v) is 8.66. The number of esters is 1. The molecule has 0 saturated heterocycles. The quantitative estimate of drug-likeness (QED) is 0.689. The van der Waals surface area contributed by atoms with Crippen molar-refractivity contribution in [3.63, 3.8) is 0 Å². The van der Waals surface area contributed by atoms with E-state index in [9.17, 15) is 9.59 Å². The van der Waals surface area contributed by atoms with Gasteiger partial charge in [-0.25, -0.2) is 19.6 Å². The van der Waals surface area contributed by atoms with E-state index in [2.05, 4.69) is 20.0 Å². The monoisotopic (exact) mass is 423 g/mol. The summed E-state index contributed by atoms with van der Waals surface area (Å²) in [5.41, 5.74) is -0.892. The van der Waals surface area contributed by atoms with Gasteiger partial charge >= 0.3 is 12.1 Å². The van der Waals surface area contributed by atoms with E-state index >= 15 is 0 Å². The summed E-state index contributed by atoms with van der Waals surface area (Å²) in [6.07, 6.45) is 1.34. The van der Waals surface area contributed by atoms with Gasteiger partial charge in [0.2, 0.25) is 11.8 Å². The van der Waals surface area contributed by atoms with Crippen LogP contribution in [0.4, 0.5) is 4.79 Å². The Morgan fingerprint density at radius 3 is 2.27 bits per heavy atom. The van der Waals surface area contributed by atoms with E-state index in [0.29, 0.717) is 0 Å². The Labute approximate surface area is 175 Å². The summed E-state index contributed by atoms with van der Waals surface area (Å²) < 4.78 is 26.8. The highest BCUT2D eigenvalue weighted by molar-refractivity contribution is 5.87. The lowest BCUT2D eigenvalue weighted by Gasteiger charge is -2.30. The van der Waals surface area contributed by atoms with E-state index in [1.165, 1.54) is 13.4 Å². The maximum absolute atomic E-state index is 12.4. The van der Waals surface area contributed by atoms with Crippen LogP contribution in [0.25, 0.3) is 11.6 Å². The fraction of sp³-hybridized carbons (Fsp3) is 0.600. The maximum atomic E-state index is 12.4. The number of methoxy groups -OCH3 is 1. The molecular weight excluding hydrogens is 394 g/mol. The molecule has 0 aliphatic heterocycles. The highest BCUT2D eigenvalue weighted by Gasteiger charge is 2.32. The van der Waals surface area contributed by atoms with E-state index in [0.717, 1.165) is 6.26 Å². The largest absolute Gasteiger partial charge is 0.464 e. The summed E-state index contributed by atoms with van der Waals surface area (Å²) in [5.74, 6) is -0.387. The topological polar surface area (TPSA) is 126 Å². The molecule has 0 unspecified atom stereocenters. The first kappa shape index (κ1) is 23.4. The van der Waals surface area contributed by atoms with Gasteiger partial charge in [-0.15, -0.1) is 0 Å². The van der Waals surface area contributed by atoms with Crippen LogP contribution in [0, 0.1) is 0 Å². The third-order valence-electron chi connectivity index (χ3n) is 3.59. The van der Waals surface area contributed by atoms with Crippen LogP contribution in [-0.2, 0) is 14.2 Å². The predicted molar refractivity (Wildman–Crippen MR) is 106 cm³/mol. The lowest BCUT2D eigenvalue weighted by molar-refractivity contribution is -0.0710. The molecule has 0 radical (unpaired) electrons. The van der Waals surface area contributed by atoms with Crippen LogP contribution in [0.2, 0.25) is 0 Å². The van der Waals surface area contributed by atoms with Crippen molar-refractivity contribution in [3.8, 4) is 11.6 Å². The van der Waals surface area contributed by atoms with Gasteiger partial charge in [0.25, 0.3) is 0 Å². The average molecular weight is 423 g/mol. The number of alkyl carbamates (subject to hydrolysis) is 1. The molecule has 1 N–H and O–H groups in total. The standard InChI is InChI=1S/C20H29N3O7/c1-11(29-19(2,3)4)14(23-18(25)30-20(5,6)7)16-21-12(9-28-16)15-22-13(10-27-15)17(24)26-8/h9-11,14H,1-8H3,(H,23,25)/t11-,14+/m1/s1. The number of hydrogen-bond acceptors (Lipinski definition) is 9. The smallest absolute Gasteiger partial charge is 0.408 e. The van der Waals surface area contributed by atoms with Crippen molar-refractivity contribution >= 4 is 12.1 Å². The van der Waals surface area contributed by atoms with Crippen LogP contribution in [0.5, 0.6) is 0 Å². The van der Waals surface area contributed by atoms with Gasteiger partial charge in [-0.2, -0.15) is 0 Å². The zero-order valence-corrected chi connectivity index (χ0v) is 18.6. The second-order valence-electron chi connectivity index (χ2n) is 8.66. The molecule has 10 nitrogen and oxygen atoms in total. The summed E-state index contributed by atoms with van der Waals surface area (Å²) in [6, 6.07) is -0.747. The fourth-order valence-corrected chi connectivity index (χ4v) is 2.56. The minimum atomic E-state index is -0.747. The van der Waals surface area contributed by atoms with Crippen LogP contribution in [0.1, 0.15) is 70.9 Å². The van der Waals surface area contributed by atoms with Gasteiger partial charge in [0, 0.05) is 0 Å². The molecule has 1 amide bonds. The minimum absolute atomic E-state index is 0.00455. The van der Waals surface area contributed by atoms with Crippen molar-refractivity contribution in [3.05, 3.63) is 24.1 Å². The van der Waals surface area contributed by atoms with Crippen molar-refractivity contribution in [2.24, 2.45) is 0 Å². The van der Waals surface area contributed by atoms with Gasteiger partial charge in [0.1, 0.15) is 24.2 Å². The summed E-state index contributed by atoms with van der Waals surface area (Å²) in [4.78, 5) is 32.3. The molecule has 2 rings (SSSR count). The molecule has 2 aromatic rings. The first-order valence-corrected chi connectivity index (χ1v) is 9.46. The Balaban J connectivity index is 2.28. The van der Waals surface area contributed by atoms with Gasteiger partial charge in [-0.1, -0.05) is 0 Å². The van der Waals surface area contributed by atoms with E-state index in [4.69, 9.17) is 18.3 Å². The maximum Gasteiger partial charge on any atom is 0.408 e. The zero-order chi connectivity index (χ0) is 22.7. The summed E-state index contributed by atoms with van der Waals surface area (Å²) in [7, 11) is 1.24. The van der Waals surface area contributed by atoms with Crippen LogP contribution in [0.15, 0.2) is 21.4 Å². The van der Waals surface area contributed by atoms with Gasteiger partial charge in [-0.05, 0) is 48.5 Å². The molecule has 0 aliphatic carbocycles. The molecule has 0 fully saturated rings. The lowest BCUT2D eigenvalue weighted by Crippen LogP contribution is -2.42. The molecule has 0 spiro atoms. The van der Waals surface area contributed by atoms with E-state index < -0.39 is 35.4 Å². The summed E-state index contributed by atoms with van der Waals surface area (Å²) in [6.45, 7) is 12.8. The number of amides is 1. The van der Waals surface area contributed by atoms with Crippen molar-refractivity contribution in [1.82, 2.24) is 15.3 Å². The zero-order valence-electron chi connectivity index (χ0n) is 18.6. The fourth-order valence-electron chi connectivity index (χ4n) is 2.56. The third kappa shape index (κ3) is 6.58. The van der Waals surface area contributed by atoms with Crippen molar-refractivity contribution in [2.75, 3.05) is 7.11 Å². The number of carbonyl (C=O) groups excluding carboxylic acids is 2. The highest BCUT2D eigenvalue weighted by Crippen LogP contribution is 2.27. The van der Waals surface area contributed by atoms with Crippen molar-refractivity contribution < 1.29 is 32.6 Å². The van der Waals surface area contributed by atoms with E-state index in [-0.39, 0.29) is 23.2 Å². The molecule has 166 valence electrons. The first-order valence-electron chi connectivity index (χ1n) is 9.46. The van der Waals surface area contributed by atoms with Gasteiger partial charge in [0.15, 0.2) is 11.4 Å². The molecule has 30 heavy (non-hydrogen) atoms. The van der Waals surface area contributed by atoms with Crippen LogP contribution < -0.4 is 5.32 Å². The molecule has 2 heterocycles. The number of nitrogens with one attached hydrogen (secondary N) is 1. The summed E-state index contributed by atoms with van der Waals surface area (Å²) in [5, 5.41) is 2.74. The number of rotatable bonds is 6. The number of aromatic nitrogens is 2.